The molecule has 0 saturated carbocycles. The van der Waals surface area contributed by atoms with Crippen LogP contribution in [0.4, 0.5) is 0 Å². The molecule has 2 heterocycles. The SMILES string of the molecule is COc1cc(C)c(C(O)c2cnn3ccccc23)cc1C. The van der Waals surface area contributed by atoms with E-state index in [9.17, 15) is 5.11 Å². The predicted molar refractivity (Wildman–Crippen MR) is 81.7 cm³/mol. The molecule has 0 aliphatic carbocycles. The summed E-state index contributed by atoms with van der Waals surface area (Å²) >= 11 is 0. The summed E-state index contributed by atoms with van der Waals surface area (Å²) in [4.78, 5) is 0. The van der Waals surface area contributed by atoms with Crippen LogP contribution in [0.15, 0.2) is 42.7 Å². The highest BCUT2D eigenvalue weighted by Gasteiger charge is 2.18. The molecule has 21 heavy (non-hydrogen) atoms. The average molecular weight is 282 g/mol. The Morgan fingerprint density at radius 1 is 1.14 bits per heavy atom. The average Bonchev–Trinajstić information content (AvgIpc) is 2.92. The molecule has 4 nitrogen and oxygen atoms in total. The summed E-state index contributed by atoms with van der Waals surface area (Å²) in [5, 5.41) is 15.0. The van der Waals surface area contributed by atoms with Crippen molar-refractivity contribution in [3.63, 3.8) is 0 Å². The molecule has 3 rings (SSSR count). The molecule has 0 aliphatic rings. The highest BCUT2D eigenvalue weighted by molar-refractivity contribution is 5.57. The van der Waals surface area contributed by atoms with E-state index in [-0.39, 0.29) is 0 Å². The number of benzene rings is 1. The van der Waals surface area contributed by atoms with E-state index in [1.54, 1.807) is 17.8 Å². The Bertz CT molecular complexity index is 793. The number of aliphatic hydroxyl groups excluding tert-OH is 1. The van der Waals surface area contributed by atoms with Crippen LogP contribution in [0.5, 0.6) is 5.75 Å². The maximum absolute atomic E-state index is 10.8. The van der Waals surface area contributed by atoms with Gasteiger partial charge < -0.3 is 9.84 Å². The van der Waals surface area contributed by atoms with Gasteiger partial charge in [-0.15, -0.1) is 0 Å². The van der Waals surface area contributed by atoms with Gasteiger partial charge in [0.25, 0.3) is 0 Å². The first kappa shape index (κ1) is 13.6. The van der Waals surface area contributed by atoms with Crippen LogP contribution in [0.1, 0.15) is 28.4 Å². The maximum atomic E-state index is 10.8. The summed E-state index contributed by atoms with van der Waals surface area (Å²) in [5.74, 6) is 0.836. The van der Waals surface area contributed by atoms with Crippen molar-refractivity contribution in [2.75, 3.05) is 7.11 Å². The zero-order chi connectivity index (χ0) is 15.0. The van der Waals surface area contributed by atoms with Gasteiger partial charge in [0.1, 0.15) is 11.9 Å². The molecule has 0 aliphatic heterocycles. The van der Waals surface area contributed by atoms with E-state index < -0.39 is 6.10 Å². The van der Waals surface area contributed by atoms with Crippen LogP contribution in [0, 0.1) is 13.8 Å². The van der Waals surface area contributed by atoms with Gasteiger partial charge in [-0.05, 0) is 54.8 Å². The van der Waals surface area contributed by atoms with Gasteiger partial charge in [-0.2, -0.15) is 5.10 Å². The first-order chi connectivity index (χ1) is 10.1. The first-order valence-corrected chi connectivity index (χ1v) is 6.87. The van der Waals surface area contributed by atoms with Crippen molar-refractivity contribution in [2.24, 2.45) is 0 Å². The minimum absolute atomic E-state index is 0.700. The fraction of sp³-hybridized carbons (Fsp3) is 0.235. The topological polar surface area (TPSA) is 46.8 Å². The lowest BCUT2D eigenvalue weighted by Crippen LogP contribution is -2.03. The van der Waals surface area contributed by atoms with Gasteiger partial charge in [0.05, 0.1) is 18.8 Å². The van der Waals surface area contributed by atoms with Gasteiger partial charge in [-0.1, -0.05) is 6.07 Å². The molecular formula is C17H18N2O2. The second-order valence-corrected chi connectivity index (χ2v) is 5.21. The summed E-state index contributed by atoms with van der Waals surface area (Å²) in [5.41, 5.74) is 4.61. The molecule has 108 valence electrons. The number of hydrogen-bond donors (Lipinski definition) is 1. The standard InChI is InChI=1S/C17H18N2O2/c1-11-9-16(21-3)12(2)8-13(11)17(20)14-10-18-19-7-5-4-6-15(14)19/h4-10,17,20H,1-3H3. The molecule has 3 aromatic rings. The van der Waals surface area contributed by atoms with Crippen molar-refractivity contribution in [1.82, 2.24) is 9.61 Å². The Morgan fingerprint density at radius 2 is 1.95 bits per heavy atom. The molecule has 0 fully saturated rings. The number of pyridine rings is 1. The zero-order valence-corrected chi connectivity index (χ0v) is 12.4. The molecule has 0 radical (unpaired) electrons. The zero-order valence-electron chi connectivity index (χ0n) is 12.4. The second kappa shape index (κ2) is 5.22. The van der Waals surface area contributed by atoms with Crippen molar-refractivity contribution < 1.29 is 9.84 Å². The van der Waals surface area contributed by atoms with Gasteiger partial charge in [0, 0.05) is 11.8 Å². The van der Waals surface area contributed by atoms with Crippen LogP contribution in [0.25, 0.3) is 5.52 Å². The summed E-state index contributed by atoms with van der Waals surface area (Å²) in [6.45, 7) is 3.96. The van der Waals surface area contributed by atoms with E-state index in [1.165, 1.54) is 0 Å². The third kappa shape index (κ3) is 2.28. The number of aromatic nitrogens is 2. The van der Waals surface area contributed by atoms with E-state index in [1.807, 2.05) is 50.4 Å². The Labute approximate surface area is 123 Å². The Balaban J connectivity index is 2.10. The summed E-state index contributed by atoms with van der Waals surface area (Å²) in [7, 11) is 1.66. The number of rotatable bonds is 3. The number of nitrogens with zero attached hydrogens (tertiary/aromatic N) is 2. The highest BCUT2D eigenvalue weighted by Crippen LogP contribution is 2.31. The molecule has 2 aromatic heterocycles. The minimum Gasteiger partial charge on any atom is -0.496 e. The van der Waals surface area contributed by atoms with Crippen LogP contribution in [0.3, 0.4) is 0 Å². The van der Waals surface area contributed by atoms with Crippen LogP contribution < -0.4 is 4.74 Å². The van der Waals surface area contributed by atoms with E-state index in [4.69, 9.17) is 4.74 Å². The third-order valence-electron chi connectivity index (χ3n) is 3.83. The Morgan fingerprint density at radius 3 is 2.71 bits per heavy atom. The van der Waals surface area contributed by atoms with Crippen molar-refractivity contribution in [3.8, 4) is 5.75 Å². The summed E-state index contributed by atoms with van der Waals surface area (Å²) in [6.07, 6.45) is 2.89. The fourth-order valence-corrected chi connectivity index (χ4v) is 2.66. The van der Waals surface area contributed by atoms with Crippen molar-refractivity contribution in [1.29, 1.82) is 0 Å². The lowest BCUT2D eigenvalue weighted by atomic mass is 9.96. The molecule has 1 N–H and O–H groups in total. The molecule has 0 bridgehead atoms. The predicted octanol–water partition coefficient (Wildman–Crippen LogP) is 3.04. The van der Waals surface area contributed by atoms with Crippen molar-refractivity contribution in [2.45, 2.75) is 20.0 Å². The Hall–Kier alpha value is -2.33. The summed E-state index contributed by atoms with van der Waals surface area (Å²) in [6, 6.07) is 9.75. The minimum atomic E-state index is -0.700. The number of aliphatic hydroxyl groups is 1. The van der Waals surface area contributed by atoms with Crippen LogP contribution in [-0.4, -0.2) is 21.8 Å². The molecule has 1 atom stereocenters. The van der Waals surface area contributed by atoms with Crippen LogP contribution in [0.2, 0.25) is 0 Å². The molecular weight excluding hydrogens is 264 g/mol. The second-order valence-electron chi connectivity index (χ2n) is 5.21. The van der Waals surface area contributed by atoms with Gasteiger partial charge in [0.15, 0.2) is 0 Å². The van der Waals surface area contributed by atoms with Gasteiger partial charge >= 0.3 is 0 Å². The number of ether oxygens (including phenoxy) is 1. The van der Waals surface area contributed by atoms with Gasteiger partial charge in [0.2, 0.25) is 0 Å². The lowest BCUT2D eigenvalue weighted by molar-refractivity contribution is 0.221. The van der Waals surface area contributed by atoms with Crippen molar-refractivity contribution >= 4 is 5.52 Å². The van der Waals surface area contributed by atoms with Crippen LogP contribution >= 0.6 is 0 Å². The largest absolute Gasteiger partial charge is 0.496 e. The lowest BCUT2D eigenvalue weighted by Gasteiger charge is -2.16. The smallest absolute Gasteiger partial charge is 0.122 e. The number of fused-ring (bicyclic) bond motifs is 1. The number of aryl methyl sites for hydroxylation is 2. The number of hydrogen-bond acceptors (Lipinski definition) is 3. The molecule has 0 amide bonds. The molecule has 4 heteroatoms. The van der Waals surface area contributed by atoms with E-state index in [0.29, 0.717) is 0 Å². The fourth-order valence-electron chi connectivity index (χ4n) is 2.66. The van der Waals surface area contributed by atoms with Crippen molar-refractivity contribution in [3.05, 3.63) is 65.0 Å². The first-order valence-electron chi connectivity index (χ1n) is 6.87. The van der Waals surface area contributed by atoms with Gasteiger partial charge in [-0.3, -0.25) is 0 Å². The monoisotopic (exact) mass is 282 g/mol. The van der Waals surface area contributed by atoms with Gasteiger partial charge in [-0.25, -0.2) is 4.52 Å². The van der Waals surface area contributed by atoms with E-state index in [0.717, 1.165) is 33.5 Å². The summed E-state index contributed by atoms with van der Waals surface area (Å²) < 4.78 is 7.09. The molecule has 0 spiro atoms. The Kier molecular flexibility index (Phi) is 3.39. The molecule has 1 unspecified atom stereocenters. The maximum Gasteiger partial charge on any atom is 0.122 e. The number of methoxy groups -OCH3 is 1. The third-order valence-corrected chi connectivity index (χ3v) is 3.83. The van der Waals surface area contributed by atoms with Crippen LogP contribution in [-0.2, 0) is 0 Å². The quantitative estimate of drug-likeness (QED) is 0.803. The molecule has 0 saturated heterocycles. The highest BCUT2D eigenvalue weighted by atomic mass is 16.5. The normalized spacial score (nSPS) is 12.6. The van der Waals surface area contributed by atoms with E-state index in [2.05, 4.69) is 5.10 Å². The van der Waals surface area contributed by atoms with E-state index >= 15 is 0 Å². The molecule has 1 aromatic carbocycles.